The van der Waals surface area contributed by atoms with Gasteiger partial charge in [0.15, 0.2) is 0 Å². The molecule has 0 spiro atoms. The van der Waals surface area contributed by atoms with Crippen LogP contribution < -0.4 is 5.32 Å². The van der Waals surface area contributed by atoms with Crippen LogP contribution in [0, 0.1) is 0 Å². The van der Waals surface area contributed by atoms with Crippen LogP contribution in [-0.4, -0.2) is 39.3 Å². The number of carbonyl (C=O) groups is 1. The number of hydrogen-bond donors (Lipinski definition) is 1. The van der Waals surface area contributed by atoms with Gasteiger partial charge in [0.1, 0.15) is 6.61 Å². The Morgan fingerprint density at radius 3 is 1.91 bits per heavy atom. The molecule has 0 aliphatic heterocycles. The summed E-state index contributed by atoms with van der Waals surface area (Å²) < 4.78 is 11.8. The van der Waals surface area contributed by atoms with E-state index >= 15 is 0 Å². The summed E-state index contributed by atoms with van der Waals surface area (Å²) in [5.74, 6) is -0.0856. The van der Waals surface area contributed by atoms with Crippen molar-refractivity contribution in [2.24, 2.45) is 0 Å². The maximum Gasteiger partial charge on any atom is 0.246 e. The Morgan fingerprint density at radius 2 is 1.48 bits per heavy atom. The summed E-state index contributed by atoms with van der Waals surface area (Å²) in [6.45, 7) is 19.2. The maximum atomic E-state index is 12.0. The van der Waals surface area contributed by atoms with Crippen LogP contribution in [0.25, 0.3) is 0 Å². The zero-order valence-corrected chi connectivity index (χ0v) is 18.6. The van der Waals surface area contributed by atoms with Gasteiger partial charge in [0.2, 0.25) is 5.91 Å². The third kappa shape index (κ3) is 14.2. The number of nitrogens with one attached hydrogen (secondary N) is 1. The van der Waals surface area contributed by atoms with Crippen molar-refractivity contribution in [1.82, 2.24) is 5.32 Å². The maximum absolute atomic E-state index is 12.0. The molecule has 1 N–H and O–H groups in total. The summed E-state index contributed by atoms with van der Waals surface area (Å²) >= 11 is 2.45. The summed E-state index contributed by atoms with van der Waals surface area (Å²) in [5, 5.41) is 3.02. The highest BCUT2D eigenvalue weighted by molar-refractivity contribution is 14.1. The number of rotatable bonds is 9. The van der Waals surface area contributed by atoms with Gasteiger partial charge < -0.3 is 14.8 Å². The molecule has 0 heterocycles. The van der Waals surface area contributed by atoms with Crippen LogP contribution in [0.5, 0.6) is 0 Å². The monoisotopic (exact) mass is 441 g/mol. The Bertz CT molecular complexity index is 379. The summed E-state index contributed by atoms with van der Waals surface area (Å²) in [6.07, 6.45) is 1.74. The molecule has 0 saturated carbocycles. The van der Waals surface area contributed by atoms with E-state index in [1.54, 1.807) is 0 Å². The Hall–Kier alpha value is 0.120. The van der Waals surface area contributed by atoms with Gasteiger partial charge in [-0.25, -0.2) is 0 Å². The topological polar surface area (TPSA) is 47.6 Å². The first kappa shape index (κ1) is 23.1. The fourth-order valence-corrected chi connectivity index (χ4v) is 3.32. The third-order valence-electron chi connectivity index (χ3n) is 3.18. The van der Waals surface area contributed by atoms with Crippen LogP contribution in [0.1, 0.15) is 75.2 Å². The highest BCUT2D eigenvalue weighted by atomic mass is 127. The number of alkyl halides is 1. The van der Waals surface area contributed by atoms with Crippen molar-refractivity contribution >= 4 is 28.5 Å². The van der Waals surface area contributed by atoms with Gasteiger partial charge >= 0.3 is 0 Å². The van der Waals surface area contributed by atoms with E-state index in [1.165, 1.54) is 0 Å². The van der Waals surface area contributed by atoms with E-state index in [0.29, 0.717) is 6.61 Å². The van der Waals surface area contributed by atoms with Crippen molar-refractivity contribution < 1.29 is 14.3 Å². The number of halogens is 1. The first-order valence-corrected chi connectivity index (χ1v) is 9.37. The molecule has 0 fully saturated rings. The van der Waals surface area contributed by atoms with Crippen molar-refractivity contribution in [2.75, 3.05) is 13.2 Å². The predicted molar refractivity (Wildman–Crippen MR) is 105 cm³/mol. The first-order valence-electron chi connectivity index (χ1n) is 8.29. The molecule has 5 heteroatoms. The molecule has 0 atom stereocenters. The van der Waals surface area contributed by atoms with Crippen LogP contribution in [0.4, 0.5) is 0 Å². The molecule has 138 valence electrons. The van der Waals surface area contributed by atoms with E-state index < -0.39 is 0 Å². The summed E-state index contributed by atoms with van der Waals surface area (Å²) in [6, 6.07) is 0. The molecule has 0 aliphatic rings. The minimum absolute atomic E-state index is 0.0856. The number of ether oxygens (including phenoxy) is 2. The van der Waals surface area contributed by atoms with Crippen LogP contribution >= 0.6 is 22.6 Å². The molecular formula is C18H36INO3. The van der Waals surface area contributed by atoms with Gasteiger partial charge in [0.05, 0.1) is 11.2 Å². The summed E-state index contributed by atoms with van der Waals surface area (Å²) in [5.41, 5.74) is -0.783. The molecule has 0 saturated heterocycles. The minimum atomic E-state index is -0.311. The van der Waals surface area contributed by atoms with E-state index in [-0.39, 0.29) is 32.7 Å². The molecule has 0 unspecified atom stereocenters. The lowest BCUT2D eigenvalue weighted by Gasteiger charge is -2.33. The van der Waals surface area contributed by atoms with Crippen LogP contribution in [-0.2, 0) is 14.3 Å². The average Bonchev–Trinajstić information content (AvgIpc) is 2.20. The van der Waals surface area contributed by atoms with Crippen molar-refractivity contribution in [2.45, 2.75) is 95.3 Å². The molecule has 0 aromatic heterocycles. The van der Waals surface area contributed by atoms with Crippen LogP contribution in [0.3, 0.4) is 0 Å². The molecule has 0 bridgehead atoms. The average molecular weight is 441 g/mol. The highest BCUT2D eigenvalue weighted by Gasteiger charge is 2.28. The van der Waals surface area contributed by atoms with Crippen molar-refractivity contribution in [3.8, 4) is 0 Å². The lowest BCUT2D eigenvalue weighted by atomic mass is 9.95. The SMILES string of the molecule is CC(C)(I)CC(C)(C)OCCC(C)(C)NC(=O)COC(C)(C)C. The molecule has 0 aliphatic carbocycles. The molecule has 23 heavy (non-hydrogen) atoms. The molecule has 0 aromatic rings. The Balaban J connectivity index is 4.25. The third-order valence-corrected chi connectivity index (χ3v) is 3.56. The fourth-order valence-electron chi connectivity index (χ4n) is 2.40. The molecular weight excluding hydrogens is 405 g/mol. The molecule has 0 aromatic carbocycles. The zero-order valence-electron chi connectivity index (χ0n) is 16.4. The number of hydrogen-bond acceptors (Lipinski definition) is 3. The van der Waals surface area contributed by atoms with E-state index in [1.807, 2.05) is 34.6 Å². The predicted octanol–water partition coefficient (Wildman–Crippen LogP) is 4.49. The second-order valence-electron chi connectivity index (χ2n) is 9.09. The summed E-state index contributed by atoms with van der Waals surface area (Å²) in [4.78, 5) is 12.0. The number of carbonyl (C=O) groups excluding carboxylic acids is 1. The highest BCUT2D eigenvalue weighted by Crippen LogP contribution is 2.30. The minimum Gasteiger partial charge on any atom is -0.375 e. The Morgan fingerprint density at radius 1 is 0.957 bits per heavy atom. The fraction of sp³-hybridized carbons (Fsp3) is 0.944. The van der Waals surface area contributed by atoms with E-state index in [4.69, 9.17) is 9.47 Å². The first-order chi connectivity index (χ1) is 10.0. The normalized spacial score (nSPS) is 14.0. The van der Waals surface area contributed by atoms with Crippen LogP contribution in [0.2, 0.25) is 0 Å². The molecule has 1 amide bonds. The molecule has 0 radical (unpaired) electrons. The van der Waals surface area contributed by atoms with Gasteiger partial charge in [-0.1, -0.05) is 36.4 Å². The van der Waals surface area contributed by atoms with Crippen molar-refractivity contribution in [3.05, 3.63) is 0 Å². The van der Waals surface area contributed by atoms with Gasteiger partial charge in [-0.3, -0.25) is 4.79 Å². The smallest absolute Gasteiger partial charge is 0.246 e. The lowest BCUT2D eigenvalue weighted by Crippen LogP contribution is -2.47. The van der Waals surface area contributed by atoms with Crippen molar-refractivity contribution in [3.63, 3.8) is 0 Å². The second-order valence-corrected chi connectivity index (χ2v) is 12.0. The van der Waals surface area contributed by atoms with Gasteiger partial charge in [0, 0.05) is 15.6 Å². The summed E-state index contributed by atoms with van der Waals surface area (Å²) in [7, 11) is 0. The van der Waals surface area contributed by atoms with E-state index in [0.717, 1.165) is 12.8 Å². The Labute approximate surface area is 156 Å². The molecule has 0 rings (SSSR count). The standard InChI is InChI=1S/C18H36INO3/c1-15(2,3)23-12-14(21)20-17(6,7)10-11-22-18(8,9)13-16(4,5)19/h10-13H2,1-9H3,(H,20,21). The van der Waals surface area contributed by atoms with Gasteiger partial charge in [-0.05, 0) is 61.3 Å². The van der Waals surface area contributed by atoms with Crippen LogP contribution in [0.15, 0.2) is 0 Å². The molecule has 4 nitrogen and oxygen atoms in total. The second kappa shape index (κ2) is 8.48. The van der Waals surface area contributed by atoms with Gasteiger partial charge in [0.25, 0.3) is 0 Å². The quantitative estimate of drug-likeness (QED) is 0.424. The zero-order chi connectivity index (χ0) is 18.5. The Kier molecular flexibility index (Phi) is 8.52. The lowest BCUT2D eigenvalue weighted by molar-refractivity contribution is -0.132. The van der Waals surface area contributed by atoms with Gasteiger partial charge in [-0.2, -0.15) is 0 Å². The van der Waals surface area contributed by atoms with Gasteiger partial charge in [-0.15, -0.1) is 0 Å². The largest absolute Gasteiger partial charge is 0.375 e. The van der Waals surface area contributed by atoms with E-state index in [2.05, 4.69) is 55.6 Å². The van der Waals surface area contributed by atoms with Crippen molar-refractivity contribution in [1.29, 1.82) is 0 Å². The van der Waals surface area contributed by atoms with E-state index in [9.17, 15) is 4.79 Å². The number of amides is 1.